The number of hydrogen-bond acceptors (Lipinski definition) is 4. The molecule has 0 unspecified atom stereocenters. The molecule has 1 aliphatic heterocycles. The van der Waals surface area contributed by atoms with Crippen molar-refractivity contribution >= 4 is 11.7 Å². The summed E-state index contributed by atoms with van der Waals surface area (Å²) in [6, 6.07) is 13.6. The number of amides is 1. The molecule has 4 rings (SSSR count). The van der Waals surface area contributed by atoms with E-state index in [2.05, 4.69) is 15.4 Å². The van der Waals surface area contributed by atoms with Crippen molar-refractivity contribution in [3.05, 3.63) is 71.7 Å². The first-order valence-corrected chi connectivity index (χ1v) is 8.15. The number of ether oxygens (including phenoxy) is 1. The molecule has 126 valence electrons. The number of nitrogens with zero attached hydrogens (tertiary/aromatic N) is 3. The van der Waals surface area contributed by atoms with E-state index in [1.807, 2.05) is 55.7 Å². The van der Waals surface area contributed by atoms with Gasteiger partial charge in [-0.05, 0) is 29.8 Å². The molecule has 3 aromatic rings. The minimum Gasteiger partial charge on any atom is -0.487 e. The maximum absolute atomic E-state index is 12.0. The van der Waals surface area contributed by atoms with Gasteiger partial charge in [0.05, 0.1) is 11.9 Å². The number of fused-ring (bicyclic) bond motifs is 1. The summed E-state index contributed by atoms with van der Waals surface area (Å²) in [5.74, 6) is 1.58. The molecule has 1 N–H and O–H groups in total. The van der Waals surface area contributed by atoms with Crippen LogP contribution in [0.3, 0.4) is 0 Å². The highest BCUT2D eigenvalue weighted by Crippen LogP contribution is 2.37. The third kappa shape index (κ3) is 3.10. The molecule has 2 aromatic heterocycles. The van der Waals surface area contributed by atoms with Gasteiger partial charge in [0.2, 0.25) is 5.91 Å². The van der Waals surface area contributed by atoms with Crippen LogP contribution in [0.5, 0.6) is 5.75 Å². The van der Waals surface area contributed by atoms with E-state index in [1.165, 1.54) is 0 Å². The van der Waals surface area contributed by atoms with Crippen LogP contribution in [-0.2, 0) is 18.4 Å². The Morgan fingerprint density at radius 1 is 1.24 bits per heavy atom. The molecule has 0 fully saturated rings. The van der Waals surface area contributed by atoms with Crippen LogP contribution in [0.2, 0.25) is 0 Å². The van der Waals surface area contributed by atoms with Crippen molar-refractivity contribution in [1.29, 1.82) is 0 Å². The topological polar surface area (TPSA) is 69.0 Å². The van der Waals surface area contributed by atoms with Crippen molar-refractivity contribution in [2.45, 2.75) is 18.9 Å². The molecule has 6 heteroatoms. The molecule has 6 nitrogen and oxygen atoms in total. The summed E-state index contributed by atoms with van der Waals surface area (Å²) in [5, 5.41) is 7.15. The molecule has 0 saturated heterocycles. The van der Waals surface area contributed by atoms with E-state index in [4.69, 9.17) is 4.74 Å². The Kier molecular flexibility index (Phi) is 3.93. The fourth-order valence-electron chi connectivity index (χ4n) is 3.08. The molecular weight excluding hydrogens is 316 g/mol. The second kappa shape index (κ2) is 6.39. The van der Waals surface area contributed by atoms with Crippen molar-refractivity contribution in [2.24, 2.45) is 7.05 Å². The molecule has 25 heavy (non-hydrogen) atoms. The lowest BCUT2D eigenvalue weighted by Crippen LogP contribution is -2.24. The van der Waals surface area contributed by atoms with Gasteiger partial charge in [-0.1, -0.05) is 18.2 Å². The number of nitrogens with one attached hydrogen (secondary N) is 1. The van der Waals surface area contributed by atoms with Crippen molar-refractivity contribution in [3.63, 3.8) is 0 Å². The minimum absolute atomic E-state index is 0.0107. The minimum atomic E-state index is 0.0107. The largest absolute Gasteiger partial charge is 0.487 e. The quantitative estimate of drug-likeness (QED) is 0.796. The Balaban J connectivity index is 1.51. The molecule has 1 aromatic carbocycles. The van der Waals surface area contributed by atoms with Crippen LogP contribution in [-0.4, -0.2) is 20.7 Å². The number of carbonyl (C=O) groups is 1. The van der Waals surface area contributed by atoms with Gasteiger partial charge in [0, 0.05) is 31.1 Å². The lowest BCUT2D eigenvalue weighted by atomic mass is 9.87. The third-order valence-corrected chi connectivity index (χ3v) is 4.39. The molecule has 0 spiro atoms. The van der Waals surface area contributed by atoms with Crippen LogP contribution in [0.4, 0.5) is 5.82 Å². The molecule has 1 atom stereocenters. The Bertz CT molecular complexity index is 888. The van der Waals surface area contributed by atoms with Gasteiger partial charge in [0.25, 0.3) is 0 Å². The molecule has 3 heterocycles. The van der Waals surface area contributed by atoms with Crippen molar-refractivity contribution in [1.82, 2.24) is 14.8 Å². The standard InChI is InChI=1S/C19H18N4O2/c1-23-19-17(11-21-23)16(10-18(24)22-19)13-5-7-15(8-6-13)25-12-14-4-2-3-9-20-14/h2-9,11,16H,10,12H2,1H3,(H,22,24)/t16-/m1/s1. The maximum Gasteiger partial charge on any atom is 0.226 e. The van der Waals surface area contributed by atoms with Crippen LogP contribution in [0.1, 0.15) is 29.2 Å². The van der Waals surface area contributed by atoms with E-state index in [1.54, 1.807) is 10.9 Å². The van der Waals surface area contributed by atoms with Gasteiger partial charge >= 0.3 is 0 Å². The van der Waals surface area contributed by atoms with Crippen molar-refractivity contribution in [3.8, 4) is 5.75 Å². The number of anilines is 1. The highest BCUT2D eigenvalue weighted by Gasteiger charge is 2.29. The average Bonchev–Trinajstić information content (AvgIpc) is 3.02. The zero-order chi connectivity index (χ0) is 17.2. The summed E-state index contributed by atoms with van der Waals surface area (Å²) in [7, 11) is 1.83. The van der Waals surface area contributed by atoms with E-state index in [9.17, 15) is 4.79 Å². The van der Waals surface area contributed by atoms with E-state index >= 15 is 0 Å². The number of aryl methyl sites for hydroxylation is 1. The predicted molar refractivity (Wildman–Crippen MR) is 93.3 cm³/mol. The Hall–Kier alpha value is -3.15. The lowest BCUT2D eigenvalue weighted by Gasteiger charge is -2.23. The number of hydrogen-bond donors (Lipinski definition) is 1. The molecule has 1 aliphatic rings. The number of pyridine rings is 1. The smallest absolute Gasteiger partial charge is 0.226 e. The Morgan fingerprint density at radius 2 is 2.08 bits per heavy atom. The lowest BCUT2D eigenvalue weighted by molar-refractivity contribution is -0.116. The van der Waals surface area contributed by atoms with E-state index in [0.717, 1.165) is 28.4 Å². The molecular formula is C19H18N4O2. The van der Waals surface area contributed by atoms with Crippen molar-refractivity contribution in [2.75, 3.05) is 5.32 Å². The van der Waals surface area contributed by atoms with Gasteiger partial charge in [0.15, 0.2) is 0 Å². The average molecular weight is 334 g/mol. The van der Waals surface area contributed by atoms with Gasteiger partial charge in [-0.3, -0.25) is 14.5 Å². The zero-order valence-electron chi connectivity index (χ0n) is 13.8. The molecule has 0 radical (unpaired) electrons. The van der Waals surface area contributed by atoms with E-state index in [0.29, 0.717) is 13.0 Å². The number of carbonyl (C=O) groups excluding carboxylic acids is 1. The van der Waals surface area contributed by atoms with Gasteiger partial charge in [-0.2, -0.15) is 5.10 Å². The summed E-state index contributed by atoms with van der Waals surface area (Å²) in [5.41, 5.74) is 3.01. The number of benzene rings is 1. The summed E-state index contributed by atoms with van der Waals surface area (Å²) < 4.78 is 7.47. The first-order chi connectivity index (χ1) is 12.2. The Morgan fingerprint density at radius 3 is 2.84 bits per heavy atom. The van der Waals surface area contributed by atoms with Crippen LogP contribution in [0.15, 0.2) is 54.9 Å². The van der Waals surface area contributed by atoms with E-state index < -0.39 is 0 Å². The zero-order valence-corrected chi connectivity index (χ0v) is 13.8. The van der Waals surface area contributed by atoms with Crippen LogP contribution >= 0.6 is 0 Å². The number of rotatable bonds is 4. The van der Waals surface area contributed by atoms with Gasteiger partial charge in [-0.25, -0.2) is 0 Å². The van der Waals surface area contributed by atoms with Gasteiger partial charge in [-0.15, -0.1) is 0 Å². The first kappa shape index (κ1) is 15.4. The van der Waals surface area contributed by atoms with Gasteiger partial charge < -0.3 is 10.1 Å². The molecule has 1 amide bonds. The summed E-state index contributed by atoms with van der Waals surface area (Å²) in [6.45, 7) is 0.429. The highest BCUT2D eigenvalue weighted by molar-refractivity contribution is 5.94. The highest BCUT2D eigenvalue weighted by atomic mass is 16.5. The second-order valence-corrected chi connectivity index (χ2v) is 6.06. The predicted octanol–water partition coefficient (Wildman–Crippen LogP) is 2.87. The van der Waals surface area contributed by atoms with Crippen LogP contribution in [0.25, 0.3) is 0 Å². The number of aromatic nitrogens is 3. The fraction of sp³-hybridized carbons (Fsp3) is 0.211. The van der Waals surface area contributed by atoms with Crippen LogP contribution in [0, 0.1) is 0 Å². The molecule has 0 aliphatic carbocycles. The van der Waals surface area contributed by atoms with Gasteiger partial charge in [0.1, 0.15) is 18.2 Å². The second-order valence-electron chi connectivity index (χ2n) is 6.06. The fourth-order valence-corrected chi connectivity index (χ4v) is 3.08. The first-order valence-electron chi connectivity index (χ1n) is 8.15. The Labute approximate surface area is 145 Å². The summed E-state index contributed by atoms with van der Waals surface area (Å²) >= 11 is 0. The normalized spacial score (nSPS) is 16.2. The van der Waals surface area contributed by atoms with Crippen molar-refractivity contribution < 1.29 is 9.53 Å². The third-order valence-electron chi connectivity index (χ3n) is 4.39. The maximum atomic E-state index is 12.0. The monoisotopic (exact) mass is 334 g/mol. The summed E-state index contributed by atoms with van der Waals surface area (Å²) in [4.78, 5) is 16.2. The SMILES string of the molecule is Cn1ncc2c1NC(=O)C[C@@H]2c1ccc(OCc2ccccn2)cc1. The van der Waals surface area contributed by atoms with E-state index in [-0.39, 0.29) is 11.8 Å². The molecule has 0 saturated carbocycles. The summed E-state index contributed by atoms with van der Waals surface area (Å²) in [6.07, 6.45) is 4.00. The van der Waals surface area contributed by atoms with Crippen LogP contribution < -0.4 is 10.1 Å². The molecule has 0 bridgehead atoms.